The first-order chi connectivity index (χ1) is 30.2. The Balaban J connectivity index is 1.36. The van der Waals surface area contributed by atoms with Crippen LogP contribution in [0, 0.1) is 32.1 Å². The molecule has 0 saturated carbocycles. The molecule has 1 fully saturated rings. The molecule has 1 aliphatic heterocycles. The molecule has 8 aromatic rings. The zero-order valence-electron chi connectivity index (χ0n) is 35.7. The molecule has 0 aliphatic carbocycles. The molecule has 309 valence electrons. The van der Waals surface area contributed by atoms with Gasteiger partial charge in [-0.25, -0.2) is 0 Å². The van der Waals surface area contributed by atoms with Crippen LogP contribution >= 0.6 is 52.6 Å². The van der Waals surface area contributed by atoms with Crippen molar-refractivity contribution in [3.63, 3.8) is 0 Å². The van der Waals surface area contributed by atoms with E-state index < -0.39 is 7.26 Å². The van der Waals surface area contributed by atoms with Crippen molar-refractivity contribution in [1.29, 1.82) is 0 Å². The van der Waals surface area contributed by atoms with Crippen LogP contribution in [0.1, 0.15) is 44.5 Å². The second-order valence-electron chi connectivity index (χ2n) is 15.6. The Morgan fingerprint density at radius 1 is 0.613 bits per heavy atom. The molecule has 1 aliphatic rings. The summed E-state index contributed by atoms with van der Waals surface area (Å²) in [4.78, 5) is 7.95. The summed E-state index contributed by atoms with van der Waals surface area (Å²) in [7, 11) is -2.47. The predicted molar refractivity (Wildman–Crippen MR) is 275 cm³/mol. The van der Waals surface area contributed by atoms with Crippen LogP contribution in [-0.4, -0.2) is 13.2 Å². The van der Waals surface area contributed by atoms with Gasteiger partial charge in [0, 0.05) is 0 Å². The SMILES string of the molecule is CC=C1COCC1=CC(/C=C/c1cc2c(-c3cc(C)c(C)s3)c3sc(/C=C/C)cc3c(-c3cc(C)c(C)s3)c2s1)=C([C]#[Os])[P+](c1ccccc1)(c1ccccc1)c1ccccc1. The summed E-state index contributed by atoms with van der Waals surface area (Å²) in [5, 5.41) is 7.82. The number of aryl methyl sites for hydroxylation is 4. The van der Waals surface area contributed by atoms with Gasteiger partial charge in [-0.05, 0) is 40.7 Å². The Labute approximate surface area is 392 Å². The third-order valence-electron chi connectivity index (χ3n) is 11.8. The van der Waals surface area contributed by atoms with Gasteiger partial charge in [0.25, 0.3) is 0 Å². The minimum absolute atomic E-state index is 0.588. The van der Waals surface area contributed by atoms with E-state index in [2.05, 4.69) is 198 Å². The molecule has 0 atom stereocenters. The van der Waals surface area contributed by atoms with E-state index in [1.807, 2.05) is 63.3 Å². The van der Waals surface area contributed by atoms with Crippen LogP contribution < -0.4 is 15.9 Å². The third-order valence-corrected chi connectivity index (χ3v) is 21.8. The predicted octanol–water partition coefficient (Wildman–Crippen LogP) is 15.5. The summed E-state index contributed by atoms with van der Waals surface area (Å²) in [6.07, 6.45) is 13.8. The van der Waals surface area contributed by atoms with Crippen molar-refractivity contribution in [2.24, 2.45) is 0 Å². The third kappa shape index (κ3) is 7.85. The van der Waals surface area contributed by atoms with Gasteiger partial charge < -0.3 is 0 Å². The molecule has 9 rings (SSSR count). The summed E-state index contributed by atoms with van der Waals surface area (Å²) in [6.45, 7) is 14.5. The fraction of sp³-hybridized carbons (Fsp3) is 0.145. The molecule has 62 heavy (non-hydrogen) atoms. The van der Waals surface area contributed by atoms with Crippen LogP contribution in [0.5, 0.6) is 0 Å². The van der Waals surface area contributed by atoms with Gasteiger partial charge in [-0.3, -0.25) is 0 Å². The molecule has 4 aromatic carbocycles. The van der Waals surface area contributed by atoms with Crippen molar-refractivity contribution in [1.82, 2.24) is 0 Å². The molecule has 0 radical (unpaired) electrons. The number of hydrogen-bond donors (Lipinski definition) is 0. The van der Waals surface area contributed by atoms with Crippen molar-refractivity contribution < 1.29 is 22.7 Å². The number of rotatable bonds is 10. The second kappa shape index (κ2) is 18.4. The van der Waals surface area contributed by atoms with Crippen LogP contribution in [0.2, 0.25) is 0 Å². The quantitative estimate of drug-likeness (QED) is 0.0980. The first kappa shape index (κ1) is 43.0. The maximum absolute atomic E-state index is 6.11. The van der Waals surface area contributed by atoms with E-state index >= 15 is 0 Å². The number of thiophene rings is 4. The maximum atomic E-state index is 6.11. The van der Waals surface area contributed by atoms with Crippen molar-refractivity contribution >= 4 is 101 Å². The molecular formula is C55H47OOsPS4+. The number of benzene rings is 4. The molecule has 0 amide bonds. The van der Waals surface area contributed by atoms with Crippen LogP contribution in [0.3, 0.4) is 0 Å². The Hall–Kier alpha value is -4.29. The number of hydrogen-bond acceptors (Lipinski definition) is 5. The molecule has 0 spiro atoms. The van der Waals surface area contributed by atoms with Crippen LogP contribution in [0.15, 0.2) is 162 Å². The van der Waals surface area contributed by atoms with Crippen molar-refractivity contribution in [3.05, 3.63) is 192 Å². The van der Waals surface area contributed by atoms with Gasteiger partial charge in [-0.2, -0.15) is 0 Å². The van der Waals surface area contributed by atoms with E-state index in [0.29, 0.717) is 13.2 Å². The van der Waals surface area contributed by atoms with Crippen LogP contribution in [-0.2, 0) is 22.7 Å². The fourth-order valence-electron chi connectivity index (χ4n) is 8.53. The molecule has 1 nitrogen and oxygen atoms in total. The normalized spacial score (nSPS) is 15.3. The van der Waals surface area contributed by atoms with E-state index in [0.717, 1.165) is 5.57 Å². The Kier molecular flexibility index (Phi) is 12.8. The van der Waals surface area contributed by atoms with Crippen molar-refractivity contribution in [2.45, 2.75) is 41.5 Å². The molecule has 4 aromatic heterocycles. The second-order valence-corrected chi connectivity index (χ2v) is 24.3. The Morgan fingerprint density at radius 3 is 1.50 bits per heavy atom. The zero-order valence-corrected chi connectivity index (χ0v) is 42.4. The Morgan fingerprint density at radius 2 is 1.08 bits per heavy atom. The first-order valence-electron chi connectivity index (χ1n) is 20.8. The minimum atomic E-state index is -2.47. The van der Waals surface area contributed by atoms with E-state index in [4.69, 9.17) is 4.74 Å². The topological polar surface area (TPSA) is 9.23 Å². The van der Waals surface area contributed by atoms with Gasteiger partial charge in [-0.15, -0.1) is 0 Å². The molecular weight excluding hydrogens is 1030 g/mol. The zero-order chi connectivity index (χ0) is 43.0. The van der Waals surface area contributed by atoms with Gasteiger partial charge in [0.2, 0.25) is 0 Å². The van der Waals surface area contributed by atoms with E-state index in [-0.39, 0.29) is 0 Å². The Bertz CT molecular complexity index is 2920. The van der Waals surface area contributed by atoms with Crippen LogP contribution in [0.4, 0.5) is 0 Å². The summed E-state index contributed by atoms with van der Waals surface area (Å²) < 4.78 is 12.7. The standard InChI is InChI=1S/C55H47OPS4.Os/c1-8-19-46-31-48-52(50-28-35(3)38(6)58-50)55-49(53(54(48)60-46)51-29-36(4)39(7)59-51)32-47(61-55)27-26-41(30-42-34-56-33-40(42)9-2)37(5)57(43-20-13-10-14-21-43,44-22-15-11-16-23-44)45-24-17-12-18-25-45;/h8-32H,33-34H2,1-4,6-7H3;/q+1;/b19-8+,27-26+,40-9?,41-37?,42-30?;. The van der Waals surface area contributed by atoms with Gasteiger partial charge >= 0.3 is 349 Å². The average molecular weight is 1070 g/mol. The summed E-state index contributed by atoms with van der Waals surface area (Å²) in [6, 6.07) is 43.2. The van der Waals surface area contributed by atoms with Gasteiger partial charge in [0.1, 0.15) is 0 Å². The number of ether oxygens (including phenoxy) is 1. The average Bonchev–Trinajstić information content (AvgIpc) is 4.14. The van der Waals surface area contributed by atoms with Gasteiger partial charge in [0.15, 0.2) is 0 Å². The van der Waals surface area contributed by atoms with E-state index in [9.17, 15) is 0 Å². The molecule has 0 N–H and O–H groups in total. The van der Waals surface area contributed by atoms with Crippen molar-refractivity contribution in [3.8, 4) is 25.3 Å². The summed E-state index contributed by atoms with van der Waals surface area (Å²) >= 11 is 9.52. The number of fused-ring (bicyclic) bond motifs is 2. The molecule has 5 heterocycles. The van der Waals surface area contributed by atoms with Crippen LogP contribution in [0.25, 0.3) is 53.2 Å². The molecule has 1 saturated heterocycles. The molecule has 0 unspecified atom stereocenters. The van der Waals surface area contributed by atoms with E-state index in [1.165, 1.54) is 104 Å². The first-order valence-corrected chi connectivity index (χ1v) is 27.2. The molecule has 7 heteroatoms. The van der Waals surface area contributed by atoms with Gasteiger partial charge in [-0.1, -0.05) is 6.08 Å². The van der Waals surface area contributed by atoms with Crippen molar-refractivity contribution in [2.75, 3.05) is 13.2 Å². The fourth-order valence-corrected chi connectivity index (χ4v) is 19.0. The van der Waals surface area contributed by atoms with E-state index in [1.54, 1.807) is 0 Å². The number of allylic oxidation sites excluding steroid dienone is 6. The summed E-state index contributed by atoms with van der Waals surface area (Å²) in [5.74, 6) is 0. The molecule has 0 bridgehead atoms. The summed E-state index contributed by atoms with van der Waals surface area (Å²) in [5.41, 5.74) is 9.05. The van der Waals surface area contributed by atoms with Gasteiger partial charge in [0.05, 0.1) is 0 Å². The monoisotopic (exact) mass is 1070 g/mol.